The molecule has 1 aromatic carbocycles. The number of ether oxygens (including phenoxy) is 1. The summed E-state index contributed by atoms with van der Waals surface area (Å²) in [5, 5.41) is 1.33. The van der Waals surface area contributed by atoms with Crippen LogP contribution in [0.3, 0.4) is 0 Å². The Kier molecular flexibility index (Phi) is 2.50. The van der Waals surface area contributed by atoms with E-state index in [1.807, 2.05) is 0 Å². The number of alkyl halides is 1. The quantitative estimate of drug-likeness (QED) is 0.446. The van der Waals surface area contributed by atoms with Crippen molar-refractivity contribution < 1.29 is 9.30 Å². The third-order valence-corrected chi connectivity index (χ3v) is 4.15. The fourth-order valence-corrected chi connectivity index (χ4v) is 2.97. The van der Waals surface area contributed by atoms with Crippen molar-refractivity contribution in [2.24, 2.45) is 0 Å². The maximum Gasteiger partial charge on any atom is 0.369 e. The standard InChI is InChI=1S/C13H13INO/c1-9-6-13-15(10(7-14)8-16-13)12-5-3-2-4-11(9)12/h2-6,10H,7-8H2,1H3/q+1. The molecule has 2 heterocycles. The summed E-state index contributed by atoms with van der Waals surface area (Å²) in [5.41, 5.74) is 2.58. The van der Waals surface area contributed by atoms with Gasteiger partial charge in [-0.2, -0.15) is 4.57 Å². The van der Waals surface area contributed by atoms with Crippen LogP contribution in [0, 0.1) is 6.92 Å². The van der Waals surface area contributed by atoms with E-state index < -0.39 is 0 Å². The minimum absolute atomic E-state index is 0.473. The smallest absolute Gasteiger partial charge is 0.369 e. The van der Waals surface area contributed by atoms with Crippen LogP contribution in [-0.2, 0) is 0 Å². The van der Waals surface area contributed by atoms with Gasteiger partial charge < -0.3 is 4.74 Å². The molecular formula is C13H13INO+. The zero-order chi connectivity index (χ0) is 11.1. The molecule has 0 saturated heterocycles. The van der Waals surface area contributed by atoms with Gasteiger partial charge in [0.25, 0.3) is 0 Å². The molecule has 1 atom stereocenters. The molecule has 1 aromatic heterocycles. The van der Waals surface area contributed by atoms with Gasteiger partial charge in [-0.3, -0.25) is 0 Å². The lowest BCUT2D eigenvalue weighted by molar-refractivity contribution is -0.674. The lowest BCUT2D eigenvalue weighted by Gasteiger charge is -2.04. The highest BCUT2D eigenvalue weighted by molar-refractivity contribution is 14.1. The number of pyridine rings is 1. The van der Waals surface area contributed by atoms with Crippen LogP contribution < -0.4 is 9.30 Å². The van der Waals surface area contributed by atoms with Gasteiger partial charge in [-0.1, -0.05) is 34.7 Å². The number of hydrogen-bond acceptors (Lipinski definition) is 1. The predicted octanol–water partition coefficient (Wildman–Crippen LogP) is 2.80. The van der Waals surface area contributed by atoms with Gasteiger partial charge in [0.1, 0.15) is 0 Å². The lowest BCUT2D eigenvalue weighted by atomic mass is 10.1. The van der Waals surface area contributed by atoms with E-state index in [-0.39, 0.29) is 0 Å². The van der Waals surface area contributed by atoms with Crippen LogP contribution >= 0.6 is 22.6 Å². The summed E-state index contributed by atoms with van der Waals surface area (Å²) in [6.45, 7) is 2.94. The number of aryl methyl sites for hydroxylation is 1. The first kappa shape index (κ1) is 10.3. The van der Waals surface area contributed by atoms with Gasteiger partial charge in [0.15, 0.2) is 6.61 Å². The maximum absolute atomic E-state index is 5.75. The minimum Gasteiger partial charge on any atom is -0.437 e. The van der Waals surface area contributed by atoms with Gasteiger partial charge >= 0.3 is 5.88 Å². The number of nitrogens with zero attached hydrogens (tertiary/aromatic N) is 1. The van der Waals surface area contributed by atoms with Crippen molar-refractivity contribution in [1.82, 2.24) is 0 Å². The van der Waals surface area contributed by atoms with E-state index in [0.717, 1.165) is 16.9 Å². The first-order valence-electron chi connectivity index (χ1n) is 5.44. The van der Waals surface area contributed by atoms with Gasteiger partial charge in [0.2, 0.25) is 11.6 Å². The third kappa shape index (κ3) is 1.41. The highest BCUT2D eigenvalue weighted by Gasteiger charge is 2.33. The lowest BCUT2D eigenvalue weighted by Crippen LogP contribution is -2.38. The molecule has 3 rings (SSSR count). The fourth-order valence-electron chi connectivity index (χ4n) is 2.33. The van der Waals surface area contributed by atoms with E-state index in [9.17, 15) is 0 Å². The number of halogens is 1. The molecule has 1 unspecified atom stereocenters. The first-order valence-corrected chi connectivity index (χ1v) is 6.96. The van der Waals surface area contributed by atoms with Gasteiger partial charge in [0.05, 0.1) is 10.5 Å². The van der Waals surface area contributed by atoms with Crippen LogP contribution in [0.15, 0.2) is 30.3 Å². The second-order valence-electron chi connectivity index (χ2n) is 4.17. The van der Waals surface area contributed by atoms with E-state index in [1.54, 1.807) is 0 Å². The Morgan fingerprint density at radius 3 is 3.06 bits per heavy atom. The van der Waals surface area contributed by atoms with Crippen molar-refractivity contribution >= 4 is 33.5 Å². The van der Waals surface area contributed by atoms with Gasteiger partial charge in [-0.05, 0) is 18.6 Å². The van der Waals surface area contributed by atoms with Crippen LogP contribution in [0.1, 0.15) is 11.6 Å². The number of fused-ring (bicyclic) bond motifs is 3. The second kappa shape index (κ2) is 3.87. The van der Waals surface area contributed by atoms with Crippen LogP contribution in [0.5, 0.6) is 5.88 Å². The summed E-state index contributed by atoms with van der Waals surface area (Å²) in [5.74, 6) is 1.01. The summed E-state index contributed by atoms with van der Waals surface area (Å²) in [4.78, 5) is 0. The Balaban J connectivity index is 2.37. The largest absolute Gasteiger partial charge is 0.437 e. The average molecular weight is 326 g/mol. The molecule has 2 nitrogen and oxygen atoms in total. The van der Waals surface area contributed by atoms with Crippen LogP contribution in [0.4, 0.5) is 0 Å². The van der Waals surface area contributed by atoms with Gasteiger partial charge in [-0.25, -0.2) is 0 Å². The van der Waals surface area contributed by atoms with E-state index in [4.69, 9.17) is 4.74 Å². The first-order chi connectivity index (χ1) is 7.81. The van der Waals surface area contributed by atoms with E-state index in [2.05, 4.69) is 64.4 Å². The van der Waals surface area contributed by atoms with Crippen LogP contribution in [0.25, 0.3) is 10.9 Å². The summed E-state index contributed by atoms with van der Waals surface area (Å²) in [6, 6.07) is 11.2. The molecule has 0 N–H and O–H groups in total. The molecule has 0 radical (unpaired) electrons. The molecule has 0 spiro atoms. The highest BCUT2D eigenvalue weighted by atomic mass is 127. The molecule has 1 aliphatic heterocycles. The van der Waals surface area contributed by atoms with Crippen molar-refractivity contribution in [3.05, 3.63) is 35.9 Å². The Hall–Kier alpha value is -0.840. The topological polar surface area (TPSA) is 13.1 Å². The molecule has 82 valence electrons. The Labute approximate surface area is 108 Å². The van der Waals surface area contributed by atoms with Crippen molar-refractivity contribution in [1.29, 1.82) is 0 Å². The summed E-state index contributed by atoms with van der Waals surface area (Å²) >= 11 is 2.43. The predicted molar refractivity (Wildman–Crippen MR) is 72.3 cm³/mol. The highest BCUT2D eigenvalue weighted by Crippen LogP contribution is 2.26. The molecule has 0 bridgehead atoms. The molecule has 0 fully saturated rings. The number of benzene rings is 1. The minimum atomic E-state index is 0.473. The molecule has 3 heteroatoms. The number of rotatable bonds is 1. The monoisotopic (exact) mass is 326 g/mol. The zero-order valence-corrected chi connectivity index (χ0v) is 11.3. The molecule has 2 aromatic rings. The normalized spacial score (nSPS) is 18.5. The van der Waals surface area contributed by atoms with E-state index in [1.165, 1.54) is 16.5 Å². The van der Waals surface area contributed by atoms with E-state index >= 15 is 0 Å². The average Bonchev–Trinajstić information content (AvgIpc) is 2.72. The van der Waals surface area contributed by atoms with Crippen molar-refractivity contribution in [2.75, 3.05) is 11.0 Å². The molecule has 0 amide bonds. The zero-order valence-electron chi connectivity index (χ0n) is 9.11. The molecule has 1 aliphatic rings. The Morgan fingerprint density at radius 2 is 2.25 bits per heavy atom. The third-order valence-electron chi connectivity index (χ3n) is 3.13. The summed E-state index contributed by atoms with van der Waals surface area (Å²) < 4.78 is 9.16. The Bertz CT molecular complexity index is 553. The van der Waals surface area contributed by atoms with Crippen molar-refractivity contribution in [3.63, 3.8) is 0 Å². The molecule has 16 heavy (non-hydrogen) atoms. The van der Waals surface area contributed by atoms with Gasteiger partial charge in [0, 0.05) is 11.5 Å². The number of aromatic nitrogens is 1. The van der Waals surface area contributed by atoms with E-state index in [0.29, 0.717) is 6.04 Å². The SMILES string of the molecule is Cc1cc2[n+](c3ccccc13)C(CI)CO2. The molecule has 0 aliphatic carbocycles. The van der Waals surface area contributed by atoms with Crippen LogP contribution in [0.2, 0.25) is 0 Å². The summed E-state index contributed by atoms with van der Waals surface area (Å²) in [7, 11) is 0. The molecular weight excluding hydrogens is 313 g/mol. The van der Waals surface area contributed by atoms with Crippen molar-refractivity contribution in [3.8, 4) is 5.88 Å². The molecule has 0 saturated carbocycles. The van der Waals surface area contributed by atoms with Gasteiger partial charge in [-0.15, -0.1) is 0 Å². The van der Waals surface area contributed by atoms with Crippen molar-refractivity contribution in [2.45, 2.75) is 13.0 Å². The second-order valence-corrected chi connectivity index (χ2v) is 5.05. The Morgan fingerprint density at radius 1 is 1.44 bits per heavy atom. The number of para-hydroxylation sites is 1. The maximum atomic E-state index is 5.75. The van der Waals surface area contributed by atoms with Crippen LogP contribution in [-0.4, -0.2) is 11.0 Å². The number of hydrogen-bond donors (Lipinski definition) is 0. The summed E-state index contributed by atoms with van der Waals surface area (Å²) in [6.07, 6.45) is 0. The fraction of sp³-hybridized carbons (Fsp3) is 0.308.